The molecule has 0 bridgehead atoms. The number of aromatic nitrogens is 2. The number of fused-ring (bicyclic) bond motifs is 1. The molecule has 1 aromatic carbocycles. The number of likely N-dealkylation sites (N-methyl/N-ethyl adjacent to an activating group) is 1. The fourth-order valence-electron chi connectivity index (χ4n) is 6.91. The van der Waals surface area contributed by atoms with E-state index in [1.54, 1.807) is 43.7 Å². The van der Waals surface area contributed by atoms with E-state index in [4.69, 9.17) is 11.6 Å². The van der Waals surface area contributed by atoms with Crippen molar-refractivity contribution in [1.29, 1.82) is 5.26 Å². The minimum Gasteiger partial charge on any atom is -0.504 e. The predicted molar refractivity (Wildman–Crippen MR) is 175 cm³/mol. The molecule has 2 aromatic heterocycles. The molecule has 1 amide bonds. The van der Waals surface area contributed by atoms with Crippen LogP contribution >= 0.6 is 11.6 Å². The van der Waals surface area contributed by atoms with Crippen molar-refractivity contribution in [3.63, 3.8) is 0 Å². The Morgan fingerprint density at radius 1 is 1.15 bits per heavy atom. The number of halogens is 5. The Bertz CT molecular complexity index is 2010. The van der Waals surface area contributed by atoms with Gasteiger partial charge in [0, 0.05) is 37.6 Å². The maximum absolute atomic E-state index is 15.3. The molecule has 0 radical (unpaired) electrons. The Morgan fingerprint density at radius 2 is 1.75 bits per heavy atom. The van der Waals surface area contributed by atoms with E-state index in [-0.39, 0.29) is 47.2 Å². The van der Waals surface area contributed by atoms with Crippen LogP contribution < -0.4 is 10.5 Å². The second-order valence-electron chi connectivity index (χ2n) is 12.4. The summed E-state index contributed by atoms with van der Waals surface area (Å²) in [5.41, 5.74) is -1.81. The van der Waals surface area contributed by atoms with Gasteiger partial charge < -0.3 is 19.8 Å². The van der Waals surface area contributed by atoms with Gasteiger partial charge in [-0.25, -0.2) is 18.2 Å². The van der Waals surface area contributed by atoms with Gasteiger partial charge in [-0.05, 0) is 56.7 Å². The number of anilines is 1. The van der Waals surface area contributed by atoms with Crippen LogP contribution in [-0.4, -0.2) is 68.6 Å². The Balaban J connectivity index is 1.94. The average Bonchev–Trinajstić information content (AvgIpc) is 3.03. The first kappa shape index (κ1) is 34.5. The molecular weight excluding hydrogens is 652 g/mol. The Kier molecular flexibility index (Phi) is 9.09. The van der Waals surface area contributed by atoms with Crippen LogP contribution in [-0.2, 0) is 4.79 Å². The van der Waals surface area contributed by atoms with Crippen molar-refractivity contribution < 1.29 is 27.5 Å². The zero-order valence-electron chi connectivity index (χ0n) is 27.1. The number of rotatable bonds is 5. The topological polar surface area (TPSA) is 106 Å². The number of pyridine rings is 2. The highest BCUT2D eigenvalue weighted by atomic mass is 35.5. The molecule has 4 heterocycles. The Morgan fingerprint density at radius 3 is 2.31 bits per heavy atom. The van der Waals surface area contributed by atoms with Crippen LogP contribution in [0.2, 0.25) is 5.02 Å². The van der Waals surface area contributed by atoms with Gasteiger partial charge >= 0.3 is 0 Å². The van der Waals surface area contributed by atoms with Crippen LogP contribution in [0.15, 0.2) is 41.4 Å². The number of benzene rings is 1. The van der Waals surface area contributed by atoms with Crippen molar-refractivity contribution >= 4 is 39.9 Å². The Labute approximate surface area is 279 Å². The van der Waals surface area contributed by atoms with Gasteiger partial charge in [0.1, 0.15) is 17.3 Å². The number of carbonyl (C=O) groups is 1. The van der Waals surface area contributed by atoms with Gasteiger partial charge in [-0.2, -0.15) is 9.65 Å². The smallest absolute Gasteiger partial charge is 0.276 e. The van der Waals surface area contributed by atoms with E-state index in [2.05, 4.69) is 11.6 Å². The van der Waals surface area contributed by atoms with E-state index >= 15 is 4.39 Å². The largest absolute Gasteiger partial charge is 0.504 e. The van der Waals surface area contributed by atoms with Gasteiger partial charge in [0.05, 0.1) is 33.7 Å². The molecule has 48 heavy (non-hydrogen) atoms. The fraction of sp³-hybridized carbons (Fsp3) is 0.353. The monoisotopic (exact) mass is 684 g/mol. The van der Waals surface area contributed by atoms with Crippen molar-refractivity contribution in [3.8, 4) is 23.1 Å². The van der Waals surface area contributed by atoms with Crippen LogP contribution in [0.5, 0.6) is 5.75 Å². The third kappa shape index (κ3) is 5.28. The summed E-state index contributed by atoms with van der Waals surface area (Å²) in [5, 5.41) is 20.7. The van der Waals surface area contributed by atoms with Gasteiger partial charge in [0.15, 0.2) is 17.4 Å². The quantitative estimate of drug-likeness (QED) is 0.148. The number of phenolic OH excluding ortho intramolecular Hbond substituents is 1. The van der Waals surface area contributed by atoms with E-state index in [1.165, 1.54) is 16.7 Å². The normalized spacial score (nSPS) is 19.8. The molecule has 1 fully saturated rings. The van der Waals surface area contributed by atoms with Crippen molar-refractivity contribution in [2.75, 3.05) is 25.0 Å². The number of allylic oxidation sites excluding steroid dienone is 2. The number of nitrogens with zero attached hydrogens (tertiary/aromatic N) is 6. The maximum atomic E-state index is 15.3. The first-order valence-corrected chi connectivity index (χ1v) is 15.5. The second-order valence-corrected chi connectivity index (χ2v) is 12.8. The summed E-state index contributed by atoms with van der Waals surface area (Å²) >= 11 is 6.62. The lowest BCUT2D eigenvalue weighted by Crippen LogP contribution is -2.58. The van der Waals surface area contributed by atoms with E-state index in [0.717, 1.165) is 0 Å². The summed E-state index contributed by atoms with van der Waals surface area (Å²) < 4.78 is 59.6. The zero-order valence-corrected chi connectivity index (χ0v) is 27.8. The van der Waals surface area contributed by atoms with Crippen LogP contribution in [0.4, 0.5) is 23.2 Å². The first-order valence-electron chi connectivity index (χ1n) is 15.1. The molecule has 0 aliphatic carbocycles. The molecule has 0 saturated carbocycles. The number of hydrogen-bond donors (Lipinski definition) is 1. The molecule has 0 unspecified atom stereocenters. The molecular formula is C34H33ClF4N6O3. The number of phenols is 1. The lowest BCUT2D eigenvalue weighted by Gasteiger charge is -2.45. The second kappa shape index (κ2) is 12.6. The van der Waals surface area contributed by atoms with Gasteiger partial charge in [-0.1, -0.05) is 32.0 Å². The molecule has 2 aliphatic heterocycles. The number of nitriles is 1. The van der Waals surface area contributed by atoms with Gasteiger partial charge in [-0.3, -0.25) is 14.2 Å². The van der Waals surface area contributed by atoms with Crippen LogP contribution in [0.25, 0.3) is 28.0 Å². The van der Waals surface area contributed by atoms with Gasteiger partial charge in [0.25, 0.3) is 5.56 Å². The molecule has 1 saturated heterocycles. The van der Waals surface area contributed by atoms with Gasteiger partial charge in [-0.15, -0.1) is 0 Å². The highest BCUT2D eigenvalue weighted by Gasteiger charge is 2.37. The molecule has 0 spiro atoms. The van der Waals surface area contributed by atoms with E-state index in [9.17, 15) is 33.1 Å². The molecule has 252 valence electrons. The van der Waals surface area contributed by atoms with Crippen molar-refractivity contribution in [2.45, 2.75) is 52.7 Å². The lowest BCUT2D eigenvalue weighted by atomic mass is 9.93. The zero-order chi connectivity index (χ0) is 35.5. The molecule has 5 rings (SSSR count). The van der Waals surface area contributed by atoms with Crippen molar-refractivity contribution in [2.24, 2.45) is 5.92 Å². The van der Waals surface area contributed by atoms with E-state index in [0.29, 0.717) is 11.3 Å². The molecule has 3 atom stereocenters. The number of hydrogen-bond acceptors (Lipinski definition) is 7. The number of piperazine rings is 1. The van der Waals surface area contributed by atoms with Gasteiger partial charge in [0.2, 0.25) is 17.5 Å². The SMILES string of the molecule is C=CC(=O)N1[C@H](C)CN(c2c(C#N)c(=O)n(C3=C(C)C=CN(C)[C@@H]3C(C)C)c3nc(-c4c(O)c(F)c(F)c(F)c4F)c(Cl)cc23)C[C@@H]1C. The third-order valence-electron chi connectivity index (χ3n) is 8.89. The third-order valence-corrected chi connectivity index (χ3v) is 9.17. The average molecular weight is 685 g/mol. The van der Waals surface area contributed by atoms with Crippen LogP contribution in [0, 0.1) is 40.5 Å². The molecule has 1 N–H and O–H groups in total. The number of aromatic hydroxyl groups is 1. The molecule has 3 aromatic rings. The van der Waals surface area contributed by atoms with E-state index in [1.807, 2.05) is 31.0 Å². The number of amides is 1. The van der Waals surface area contributed by atoms with Crippen molar-refractivity contribution in [3.05, 3.63) is 80.8 Å². The minimum absolute atomic E-state index is 0.0946. The first-order chi connectivity index (χ1) is 22.6. The summed E-state index contributed by atoms with van der Waals surface area (Å²) in [6, 6.07) is 2.09. The summed E-state index contributed by atoms with van der Waals surface area (Å²) in [6.07, 6.45) is 4.80. The molecule has 2 aliphatic rings. The maximum Gasteiger partial charge on any atom is 0.276 e. The summed E-state index contributed by atoms with van der Waals surface area (Å²) in [7, 11) is 1.81. The summed E-state index contributed by atoms with van der Waals surface area (Å²) in [5.74, 6) is -10.4. The lowest BCUT2D eigenvalue weighted by molar-refractivity contribution is -0.130. The standard InChI is InChI=1S/C34H33ClF4N6O3/c1-8-22(46)44-17(5)13-43(14-18(44)6)31-19-11-21(35)28(23-24(36)25(37)26(38)27(39)32(23)47)41-33(19)45(34(48)20(31)12-40)30-16(4)9-10-42(7)29(30)15(2)3/h8-11,15,17-18,29,47H,1,13-14H2,2-7H3/t17-,18+,29-/m1/s1. The Hall–Kier alpha value is -4.83. The highest BCUT2D eigenvalue weighted by Crippen LogP contribution is 2.43. The minimum atomic E-state index is -2.22. The fourth-order valence-corrected chi connectivity index (χ4v) is 7.15. The summed E-state index contributed by atoms with van der Waals surface area (Å²) in [6.45, 7) is 13.2. The van der Waals surface area contributed by atoms with E-state index < -0.39 is 69.0 Å². The predicted octanol–water partition coefficient (Wildman–Crippen LogP) is 6.18. The van der Waals surface area contributed by atoms with Crippen LogP contribution in [0.1, 0.15) is 40.2 Å². The molecule has 9 nitrogen and oxygen atoms in total. The molecule has 14 heteroatoms. The highest BCUT2D eigenvalue weighted by molar-refractivity contribution is 6.34. The number of carbonyl (C=O) groups excluding carboxylic acids is 1. The van der Waals surface area contributed by atoms with Crippen molar-refractivity contribution in [1.82, 2.24) is 19.4 Å². The summed E-state index contributed by atoms with van der Waals surface area (Å²) in [4.78, 5) is 37.0. The van der Waals surface area contributed by atoms with Crippen LogP contribution in [0.3, 0.4) is 0 Å².